The highest BCUT2D eigenvalue weighted by Gasteiger charge is 2.23. The first-order chi connectivity index (χ1) is 7.82. The summed E-state index contributed by atoms with van der Waals surface area (Å²) in [6, 6.07) is 0. The first kappa shape index (κ1) is 15.1. The van der Waals surface area contributed by atoms with Crippen molar-refractivity contribution in [3.63, 3.8) is 0 Å². The van der Waals surface area contributed by atoms with Gasteiger partial charge in [0, 0.05) is 20.8 Å². The average Bonchev–Trinajstić information content (AvgIpc) is 2.19. The van der Waals surface area contributed by atoms with Gasteiger partial charge in [0.05, 0.1) is 0 Å². The Morgan fingerprint density at radius 2 is 1.41 bits per heavy atom. The van der Waals surface area contributed by atoms with Gasteiger partial charge in [-0.1, -0.05) is 0 Å². The van der Waals surface area contributed by atoms with Crippen molar-refractivity contribution in [1.82, 2.24) is 0 Å². The number of carbonyl (C=O) groups is 4. The fourth-order valence-electron chi connectivity index (χ4n) is 0.852. The zero-order chi connectivity index (χ0) is 13.4. The summed E-state index contributed by atoms with van der Waals surface area (Å²) >= 11 is 0. The van der Waals surface area contributed by atoms with E-state index in [2.05, 4.69) is 14.2 Å². The third kappa shape index (κ3) is 7.95. The smallest absolute Gasteiger partial charge is 0.303 e. The van der Waals surface area contributed by atoms with Crippen LogP contribution in [0.3, 0.4) is 0 Å². The molecule has 17 heavy (non-hydrogen) atoms. The third-order valence-electron chi connectivity index (χ3n) is 1.52. The second-order valence-electron chi connectivity index (χ2n) is 3.15. The number of ether oxygens (including phenoxy) is 3. The summed E-state index contributed by atoms with van der Waals surface area (Å²) in [5.74, 6) is -2.59. The summed E-state index contributed by atoms with van der Waals surface area (Å²) < 4.78 is 13.6. The van der Waals surface area contributed by atoms with Crippen LogP contribution < -0.4 is 0 Å². The molecule has 0 N–H and O–H groups in total. The van der Waals surface area contributed by atoms with Gasteiger partial charge in [0.25, 0.3) is 0 Å². The Balaban J connectivity index is 4.33. The molecular formula is C10H14O7. The van der Waals surface area contributed by atoms with Crippen LogP contribution in [0.5, 0.6) is 0 Å². The van der Waals surface area contributed by atoms with Crippen LogP contribution in [-0.2, 0) is 33.4 Å². The van der Waals surface area contributed by atoms with Crippen molar-refractivity contribution in [2.75, 3.05) is 13.2 Å². The molecule has 1 atom stereocenters. The molecule has 0 spiro atoms. The summed E-state index contributed by atoms with van der Waals surface area (Å²) in [4.78, 5) is 43.2. The lowest BCUT2D eigenvalue weighted by atomic mass is 10.2. The van der Waals surface area contributed by atoms with E-state index in [-0.39, 0.29) is 0 Å². The highest BCUT2D eigenvalue weighted by atomic mass is 16.6. The topological polar surface area (TPSA) is 96.0 Å². The van der Waals surface area contributed by atoms with Crippen LogP contribution in [0.4, 0.5) is 0 Å². The molecule has 0 aliphatic carbocycles. The van der Waals surface area contributed by atoms with E-state index >= 15 is 0 Å². The molecule has 0 saturated carbocycles. The summed E-state index contributed by atoms with van der Waals surface area (Å²) in [5, 5.41) is 0. The van der Waals surface area contributed by atoms with Crippen LogP contribution >= 0.6 is 0 Å². The van der Waals surface area contributed by atoms with E-state index in [0.717, 1.165) is 20.8 Å². The zero-order valence-electron chi connectivity index (χ0n) is 9.85. The maximum absolute atomic E-state index is 11.4. The Bertz CT molecular complexity index is 321. The zero-order valence-corrected chi connectivity index (χ0v) is 9.85. The van der Waals surface area contributed by atoms with Crippen molar-refractivity contribution < 1.29 is 33.4 Å². The summed E-state index contributed by atoms with van der Waals surface area (Å²) in [6.45, 7) is 2.48. The van der Waals surface area contributed by atoms with Crippen molar-refractivity contribution >= 4 is 23.7 Å². The van der Waals surface area contributed by atoms with Crippen LogP contribution in [0.15, 0.2) is 0 Å². The molecule has 0 aromatic carbocycles. The molecular weight excluding hydrogens is 232 g/mol. The van der Waals surface area contributed by atoms with Crippen molar-refractivity contribution in [3.05, 3.63) is 0 Å². The molecule has 96 valence electrons. The molecule has 7 nitrogen and oxygen atoms in total. The van der Waals surface area contributed by atoms with Crippen molar-refractivity contribution in [1.29, 1.82) is 0 Å². The van der Waals surface area contributed by atoms with Gasteiger partial charge in [0.15, 0.2) is 12.7 Å². The van der Waals surface area contributed by atoms with Crippen LogP contribution in [-0.4, -0.2) is 43.0 Å². The average molecular weight is 246 g/mol. The lowest BCUT2D eigenvalue weighted by Gasteiger charge is -2.15. The SMILES string of the molecule is CC(=O)OCC(=O)C(COC(C)=O)OC(C)=O. The molecule has 1 unspecified atom stereocenters. The monoisotopic (exact) mass is 246 g/mol. The van der Waals surface area contributed by atoms with E-state index in [9.17, 15) is 19.2 Å². The van der Waals surface area contributed by atoms with E-state index < -0.39 is 43.0 Å². The second-order valence-corrected chi connectivity index (χ2v) is 3.15. The molecule has 0 rings (SSSR count). The third-order valence-corrected chi connectivity index (χ3v) is 1.52. The number of rotatable bonds is 6. The molecule has 0 heterocycles. The lowest BCUT2D eigenvalue weighted by molar-refractivity contribution is -0.164. The summed E-state index contributed by atoms with van der Waals surface area (Å²) in [7, 11) is 0. The quantitative estimate of drug-likeness (QED) is 0.465. The minimum absolute atomic E-state index is 0.394. The molecule has 0 aliphatic heterocycles. The number of hydrogen-bond donors (Lipinski definition) is 0. The van der Waals surface area contributed by atoms with E-state index in [1.165, 1.54) is 0 Å². The molecule has 0 saturated heterocycles. The Morgan fingerprint density at radius 1 is 0.882 bits per heavy atom. The summed E-state index contributed by atoms with van der Waals surface area (Å²) in [5.41, 5.74) is 0. The van der Waals surface area contributed by atoms with Gasteiger partial charge in [-0.3, -0.25) is 19.2 Å². The largest absolute Gasteiger partial charge is 0.461 e. The van der Waals surface area contributed by atoms with Gasteiger partial charge in [-0.25, -0.2) is 0 Å². The van der Waals surface area contributed by atoms with E-state index in [0.29, 0.717) is 0 Å². The fraction of sp³-hybridized carbons (Fsp3) is 0.600. The van der Waals surface area contributed by atoms with Crippen LogP contribution in [0, 0.1) is 0 Å². The predicted molar refractivity (Wildman–Crippen MR) is 53.8 cm³/mol. The van der Waals surface area contributed by atoms with Gasteiger partial charge >= 0.3 is 17.9 Å². The first-order valence-electron chi connectivity index (χ1n) is 4.79. The molecule has 0 fully saturated rings. The van der Waals surface area contributed by atoms with Crippen molar-refractivity contribution in [2.24, 2.45) is 0 Å². The van der Waals surface area contributed by atoms with Gasteiger partial charge < -0.3 is 14.2 Å². The maximum Gasteiger partial charge on any atom is 0.303 e. The number of ketones is 1. The summed E-state index contributed by atoms with van der Waals surface area (Å²) in [6.07, 6.45) is -1.25. The second kappa shape index (κ2) is 7.37. The van der Waals surface area contributed by atoms with Gasteiger partial charge in [-0.15, -0.1) is 0 Å². The molecule has 0 amide bonds. The van der Waals surface area contributed by atoms with E-state index in [1.807, 2.05) is 0 Å². The van der Waals surface area contributed by atoms with Crippen LogP contribution in [0.2, 0.25) is 0 Å². The van der Waals surface area contributed by atoms with E-state index in [4.69, 9.17) is 0 Å². The number of hydrogen-bond acceptors (Lipinski definition) is 7. The van der Waals surface area contributed by atoms with Gasteiger partial charge in [-0.2, -0.15) is 0 Å². The molecule has 0 bridgehead atoms. The van der Waals surface area contributed by atoms with Gasteiger partial charge in [0.2, 0.25) is 5.78 Å². The molecule has 0 aromatic heterocycles. The minimum Gasteiger partial charge on any atom is -0.461 e. The number of carbonyl (C=O) groups excluding carboxylic acids is 4. The normalized spacial score (nSPS) is 11.2. The lowest BCUT2D eigenvalue weighted by Crippen LogP contribution is -2.35. The molecule has 0 radical (unpaired) electrons. The Labute approximate surface area is 98.0 Å². The Kier molecular flexibility index (Phi) is 6.54. The Morgan fingerprint density at radius 3 is 1.82 bits per heavy atom. The van der Waals surface area contributed by atoms with Gasteiger partial charge in [0.1, 0.15) is 6.61 Å². The standard InChI is InChI=1S/C10H14O7/c1-6(11)15-4-9(14)10(17-8(3)13)5-16-7(2)12/h10H,4-5H2,1-3H3. The number of esters is 3. The predicted octanol–water partition coefficient (Wildman–Crippen LogP) is -0.387. The minimum atomic E-state index is -1.25. The van der Waals surface area contributed by atoms with Crippen molar-refractivity contribution in [3.8, 4) is 0 Å². The fourth-order valence-corrected chi connectivity index (χ4v) is 0.852. The highest BCUT2D eigenvalue weighted by Crippen LogP contribution is 1.98. The Hall–Kier alpha value is -1.92. The van der Waals surface area contributed by atoms with E-state index in [1.54, 1.807) is 0 Å². The molecule has 0 aliphatic rings. The molecule has 0 aromatic rings. The number of Topliss-reactive ketones (excluding diaryl/α,β-unsaturated/α-hetero) is 1. The first-order valence-corrected chi connectivity index (χ1v) is 4.79. The highest BCUT2D eigenvalue weighted by molar-refractivity contribution is 5.88. The van der Waals surface area contributed by atoms with Crippen LogP contribution in [0.1, 0.15) is 20.8 Å². The molecule has 7 heteroatoms. The van der Waals surface area contributed by atoms with Crippen molar-refractivity contribution in [2.45, 2.75) is 26.9 Å². The van der Waals surface area contributed by atoms with Crippen LogP contribution in [0.25, 0.3) is 0 Å². The maximum atomic E-state index is 11.4. The van der Waals surface area contributed by atoms with Gasteiger partial charge in [-0.05, 0) is 0 Å².